The minimum Gasteiger partial charge on any atom is -0.301 e. The van der Waals surface area contributed by atoms with Crippen molar-refractivity contribution in [1.82, 2.24) is 9.88 Å². The Bertz CT molecular complexity index is 486. The fourth-order valence-electron chi connectivity index (χ4n) is 3.26. The van der Waals surface area contributed by atoms with E-state index in [4.69, 9.17) is 0 Å². The molecule has 2 rings (SSSR count). The van der Waals surface area contributed by atoms with E-state index in [-0.39, 0.29) is 5.91 Å². The van der Waals surface area contributed by atoms with Crippen molar-refractivity contribution in [2.45, 2.75) is 58.9 Å². The molecule has 1 saturated carbocycles. The van der Waals surface area contributed by atoms with Crippen molar-refractivity contribution in [3.05, 3.63) is 10.6 Å². The molecule has 1 aliphatic rings. The number of nitrogens with zero attached hydrogens (tertiary/aromatic N) is 2. The Morgan fingerprint density at radius 1 is 1.43 bits per heavy atom. The quantitative estimate of drug-likeness (QED) is 0.906. The fourth-order valence-corrected chi connectivity index (χ4v) is 4.18. The van der Waals surface area contributed by atoms with E-state index in [1.165, 1.54) is 30.6 Å². The summed E-state index contributed by atoms with van der Waals surface area (Å²) in [5, 5.41) is 3.68. The van der Waals surface area contributed by atoms with Crippen molar-refractivity contribution in [1.29, 1.82) is 0 Å². The van der Waals surface area contributed by atoms with Gasteiger partial charge in [0.2, 0.25) is 5.91 Å². The Morgan fingerprint density at radius 2 is 2.14 bits per heavy atom. The van der Waals surface area contributed by atoms with Crippen LogP contribution in [0.5, 0.6) is 0 Å². The minimum absolute atomic E-state index is 0.0478. The number of aromatic nitrogens is 1. The van der Waals surface area contributed by atoms with Crippen LogP contribution in [0.2, 0.25) is 0 Å². The number of carbonyl (C=O) groups excluding carboxylic acids is 1. The number of nitrogens with one attached hydrogen (secondary N) is 1. The lowest BCUT2D eigenvalue weighted by molar-refractivity contribution is -0.117. The molecule has 118 valence electrons. The number of thiazole rings is 1. The van der Waals surface area contributed by atoms with Crippen LogP contribution in [-0.2, 0) is 11.2 Å². The Kier molecular flexibility index (Phi) is 5.76. The molecule has 2 unspecified atom stereocenters. The van der Waals surface area contributed by atoms with Crippen molar-refractivity contribution in [3.63, 3.8) is 0 Å². The van der Waals surface area contributed by atoms with Crippen LogP contribution in [0.3, 0.4) is 0 Å². The van der Waals surface area contributed by atoms with Gasteiger partial charge in [-0.25, -0.2) is 4.98 Å². The third-order valence-electron chi connectivity index (χ3n) is 4.50. The van der Waals surface area contributed by atoms with Gasteiger partial charge in [-0.1, -0.05) is 26.7 Å². The maximum absolute atomic E-state index is 12.2. The molecular formula is C16H27N3OS. The van der Waals surface area contributed by atoms with Crippen LogP contribution in [0, 0.1) is 12.8 Å². The largest absolute Gasteiger partial charge is 0.301 e. The molecule has 1 aliphatic carbocycles. The number of hydrogen-bond donors (Lipinski definition) is 1. The molecule has 21 heavy (non-hydrogen) atoms. The summed E-state index contributed by atoms with van der Waals surface area (Å²) < 4.78 is 0. The Morgan fingerprint density at radius 3 is 2.76 bits per heavy atom. The first-order chi connectivity index (χ1) is 10.0. The highest BCUT2D eigenvalue weighted by atomic mass is 32.1. The summed E-state index contributed by atoms with van der Waals surface area (Å²) in [5.41, 5.74) is 1.09. The smallest absolute Gasteiger partial charge is 0.240 e. The highest BCUT2D eigenvalue weighted by molar-refractivity contribution is 7.15. The average molecular weight is 309 g/mol. The predicted octanol–water partition coefficient (Wildman–Crippen LogP) is 3.46. The number of rotatable bonds is 5. The van der Waals surface area contributed by atoms with Crippen molar-refractivity contribution in [3.8, 4) is 0 Å². The van der Waals surface area contributed by atoms with Crippen LogP contribution in [-0.4, -0.2) is 35.4 Å². The first kappa shape index (κ1) is 16.4. The molecule has 0 aromatic carbocycles. The zero-order valence-corrected chi connectivity index (χ0v) is 14.4. The maximum Gasteiger partial charge on any atom is 0.240 e. The molecule has 1 N–H and O–H groups in total. The predicted molar refractivity (Wildman–Crippen MR) is 88.9 cm³/mol. The monoisotopic (exact) mass is 309 g/mol. The van der Waals surface area contributed by atoms with Crippen molar-refractivity contribution < 1.29 is 4.79 Å². The van der Waals surface area contributed by atoms with Gasteiger partial charge in [0.15, 0.2) is 5.13 Å². The van der Waals surface area contributed by atoms with Gasteiger partial charge in [-0.05, 0) is 39.2 Å². The minimum atomic E-state index is 0.0478. The van der Waals surface area contributed by atoms with Crippen molar-refractivity contribution in [2.75, 3.05) is 18.9 Å². The summed E-state index contributed by atoms with van der Waals surface area (Å²) in [5.74, 6) is 0.733. The highest BCUT2D eigenvalue weighted by Crippen LogP contribution is 2.27. The molecule has 0 bridgehead atoms. The van der Waals surface area contributed by atoms with Gasteiger partial charge >= 0.3 is 0 Å². The third-order valence-corrected chi connectivity index (χ3v) is 5.43. The third kappa shape index (κ3) is 4.27. The van der Waals surface area contributed by atoms with E-state index in [1.807, 2.05) is 0 Å². The second-order valence-corrected chi connectivity index (χ2v) is 7.37. The van der Waals surface area contributed by atoms with Gasteiger partial charge in [0.1, 0.15) is 0 Å². The Hall–Kier alpha value is -0.940. The van der Waals surface area contributed by atoms with Gasteiger partial charge in [0.05, 0.1) is 12.2 Å². The standard InChI is InChI=1S/C16H27N3OS/c1-5-13-12(3)21-16(17-13)18-15(20)10-19(4)14-9-7-6-8-11(14)2/h11,14H,5-10H2,1-4H3,(H,17,18,20). The summed E-state index contributed by atoms with van der Waals surface area (Å²) in [6.07, 6.45) is 6.02. The van der Waals surface area contributed by atoms with Crippen LogP contribution in [0.15, 0.2) is 0 Å². The van der Waals surface area contributed by atoms with Gasteiger partial charge in [-0.15, -0.1) is 11.3 Å². The molecule has 0 aliphatic heterocycles. The van der Waals surface area contributed by atoms with Gasteiger partial charge in [-0.3, -0.25) is 9.69 Å². The molecule has 1 aromatic heterocycles. The SMILES string of the molecule is CCc1nc(NC(=O)CN(C)C2CCCCC2C)sc1C. The molecule has 5 heteroatoms. The molecular weight excluding hydrogens is 282 g/mol. The normalized spacial score (nSPS) is 22.5. The number of anilines is 1. The van der Waals surface area contributed by atoms with Crippen molar-refractivity contribution in [2.24, 2.45) is 5.92 Å². The lowest BCUT2D eigenvalue weighted by Crippen LogP contribution is -2.42. The van der Waals surface area contributed by atoms with Crippen LogP contribution >= 0.6 is 11.3 Å². The summed E-state index contributed by atoms with van der Waals surface area (Å²) in [7, 11) is 2.07. The van der Waals surface area contributed by atoms with Crippen LogP contribution in [0.1, 0.15) is 50.1 Å². The number of likely N-dealkylation sites (N-methyl/N-ethyl adjacent to an activating group) is 1. The van der Waals surface area contributed by atoms with Crippen molar-refractivity contribution >= 4 is 22.4 Å². The van der Waals surface area contributed by atoms with E-state index in [1.54, 1.807) is 11.3 Å². The highest BCUT2D eigenvalue weighted by Gasteiger charge is 2.26. The summed E-state index contributed by atoms with van der Waals surface area (Å²) in [6, 6.07) is 0.536. The molecule has 1 aromatic rings. The number of amides is 1. The topological polar surface area (TPSA) is 45.2 Å². The second kappa shape index (κ2) is 7.36. The number of aryl methyl sites for hydroxylation is 2. The molecule has 4 nitrogen and oxygen atoms in total. The molecule has 0 saturated heterocycles. The Balaban J connectivity index is 1.88. The molecule has 0 radical (unpaired) electrons. The Labute approximate surface area is 132 Å². The molecule has 1 heterocycles. The van der Waals surface area contributed by atoms with Crippen LogP contribution < -0.4 is 5.32 Å². The van der Waals surface area contributed by atoms with Crippen LogP contribution in [0.25, 0.3) is 0 Å². The van der Waals surface area contributed by atoms with E-state index in [9.17, 15) is 4.79 Å². The first-order valence-electron chi connectivity index (χ1n) is 7.97. The number of hydrogen-bond acceptors (Lipinski definition) is 4. The lowest BCUT2D eigenvalue weighted by atomic mass is 9.85. The van der Waals surface area contributed by atoms with Gasteiger partial charge in [0, 0.05) is 10.9 Å². The average Bonchev–Trinajstić information content (AvgIpc) is 2.78. The van der Waals surface area contributed by atoms with E-state index in [0.717, 1.165) is 17.2 Å². The summed E-state index contributed by atoms with van der Waals surface area (Å²) in [4.78, 5) is 20.1. The van der Waals surface area contributed by atoms with E-state index < -0.39 is 0 Å². The van der Waals surface area contributed by atoms with E-state index in [2.05, 4.69) is 43.0 Å². The molecule has 1 fully saturated rings. The van der Waals surface area contributed by atoms with Gasteiger partial charge in [-0.2, -0.15) is 0 Å². The van der Waals surface area contributed by atoms with Crippen LogP contribution in [0.4, 0.5) is 5.13 Å². The zero-order valence-electron chi connectivity index (χ0n) is 13.6. The first-order valence-corrected chi connectivity index (χ1v) is 8.79. The van der Waals surface area contributed by atoms with Gasteiger partial charge < -0.3 is 5.32 Å². The van der Waals surface area contributed by atoms with E-state index in [0.29, 0.717) is 18.5 Å². The molecule has 2 atom stereocenters. The van der Waals surface area contributed by atoms with Gasteiger partial charge in [0.25, 0.3) is 0 Å². The molecule has 1 amide bonds. The fraction of sp³-hybridized carbons (Fsp3) is 0.750. The summed E-state index contributed by atoms with van der Waals surface area (Å²) in [6.45, 7) is 6.90. The second-order valence-electron chi connectivity index (χ2n) is 6.17. The van der Waals surface area contributed by atoms with E-state index >= 15 is 0 Å². The lowest BCUT2D eigenvalue weighted by Gasteiger charge is -2.35. The summed E-state index contributed by atoms with van der Waals surface area (Å²) >= 11 is 1.57. The maximum atomic E-state index is 12.2. The number of carbonyl (C=O) groups is 1. The molecule has 0 spiro atoms. The zero-order chi connectivity index (χ0) is 15.4.